The molecule has 90 valence electrons. The van der Waals surface area contributed by atoms with Gasteiger partial charge in [-0.1, -0.05) is 17.9 Å². The lowest BCUT2D eigenvalue weighted by Crippen LogP contribution is -2.06. The Balaban J connectivity index is 2.19. The molecule has 18 heavy (non-hydrogen) atoms. The van der Waals surface area contributed by atoms with E-state index in [4.69, 9.17) is 10.6 Å². The van der Waals surface area contributed by atoms with Gasteiger partial charge in [0.05, 0.1) is 7.11 Å². The Bertz CT molecular complexity index is 579. The Morgan fingerprint density at radius 3 is 2.39 bits per heavy atom. The second kappa shape index (κ2) is 5.76. The molecule has 0 spiro atoms. The highest BCUT2D eigenvalue weighted by molar-refractivity contribution is 5.51. The standard InChI is InChI=1S/C15H14N2O/c1-18-15-9-7-12(8-10-15)5-6-13-3-2-4-14(11-13)17-16/h2-4,7-11,17H,16H2,1H3. The minimum Gasteiger partial charge on any atom is -0.497 e. The fourth-order valence-corrected chi connectivity index (χ4v) is 1.51. The molecule has 3 N–H and O–H groups in total. The van der Waals surface area contributed by atoms with Gasteiger partial charge in [-0.15, -0.1) is 0 Å². The van der Waals surface area contributed by atoms with Crippen molar-refractivity contribution in [2.45, 2.75) is 0 Å². The Kier molecular flexibility index (Phi) is 3.85. The highest BCUT2D eigenvalue weighted by Gasteiger charge is 1.92. The van der Waals surface area contributed by atoms with E-state index in [0.717, 1.165) is 22.6 Å². The number of nitrogen functional groups attached to an aromatic ring is 1. The zero-order valence-electron chi connectivity index (χ0n) is 10.1. The van der Waals surface area contributed by atoms with E-state index in [0.29, 0.717) is 0 Å². The molecular weight excluding hydrogens is 224 g/mol. The van der Waals surface area contributed by atoms with E-state index in [-0.39, 0.29) is 0 Å². The molecule has 0 aliphatic carbocycles. The molecule has 0 saturated heterocycles. The number of anilines is 1. The summed E-state index contributed by atoms with van der Waals surface area (Å²) in [6.45, 7) is 0. The summed E-state index contributed by atoms with van der Waals surface area (Å²) >= 11 is 0. The average molecular weight is 238 g/mol. The number of benzene rings is 2. The monoisotopic (exact) mass is 238 g/mol. The summed E-state index contributed by atoms with van der Waals surface area (Å²) in [4.78, 5) is 0. The van der Waals surface area contributed by atoms with Crippen LogP contribution in [0, 0.1) is 11.8 Å². The average Bonchev–Trinajstić information content (AvgIpc) is 2.46. The number of hydrazine groups is 1. The quantitative estimate of drug-likeness (QED) is 0.480. The van der Waals surface area contributed by atoms with Gasteiger partial charge in [0, 0.05) is 16.8 Å². The van der Waals surface area contributed by atoms with Gasteiger partial charge in [0.15, 0.2) is 0 Å². The molecule has 0 amide bonds. The number of rotatable bonds is 2. The number of hydrogen-bond acceptors (Lipinski definition) is 3. The molecule has 0 heterocycles. The Morgan fingerprint density at radius 1 is 1.00 bits per heavy atom. The molecule has 0 fully saturated rings. The van der Waals surface area contributed by atoms with Crippen molar-refractivity contribution in [3.63, 3.8) is 0 Å². The maximum Gasteiger partial charge on any atom is 0.118 e. The second-order valence-corrected chi connectivity index (χ2v) is 3.70. The van der Waals surface area contributed by atoms with Gasteiger partial charge in [0.25, 0.3) is 0 Å². The number of nitrogens with one attached hydrogen (secondary N) is 1. The summed E-state index contributed by atoms with van der Waals surface area (Å²) in [6.07, 6.45) is 0. The molecule has 0 aromatic heterocycles. The number of ether oxygens (including phenoxy) is 1. The lowest BCUT2D eigenvalue weighted by atomic mass is 10.1. The summed E-state index contributed by atoms with van der Waals surface area (Å²) in [6, 6.07) is 15.3. The van der Waals surface area contributed by atoms with Crippen LogP contribution in [0.4, 0.5) is 5.69 Å². The molecule has 0 unspecified atom stereocenters. The van der Waals surface area contributed by atoms with Gasteiger partial charge in [0.1, 0.15) is 5.75 Å². The normalized spacial score (nSPS) is 9.22. The first kappa shape index (κ1) is 12.0. The zero-order chi connectivity index (χ0) is 12.8. The lowest BCUT2D eigenvalue weighted by Gasteiger charge is -1.99. The van der Waals surface area contributed by atoms with Crippen molar-refractivity contribution in [1.29, 1.82) is 0 Å². The maximum atomic E-state index is 5.35. The van der Waals surface area contributed by atoms with E-state index >= 15 is 0 Å². The van der Waals surface area contributed by atoms with Crippen LogP contribution in [0.25, 0.3) is 0 Å². The Labute approximate surface area is 107 Å². The van der Waals surface area contributed by atoms with Crippen LogP contribution in [0.2, 0.25) is 0 Å². The Hall–Kier alpha value is -2.44. The zero-order valence-corrected chi connectivity index (χ0v) is 10.1. The van der Waals surface area contributed by atoms with E-state index in [2.05, 4.69) is 17.3 Å². The third-order valence-corrected chi connectivity index (χ3v) is 2.47. The van der Waals surface area contributed by atoms with Crippen molar-refractivity contribution >= 4 is 5.69 Å². The fraction of sp³-hybridized carbons (Fsp3) is 0.0667. The first-order chi connectivity index (χ1) is 8.81. The van der Waals surface area contributed by atoms with Crippen LogP contribution in [0.3, 0.4) is 0 Å². The van der Waals surface area contributed by atoms with Gasteiger partial charge in [-0.05, 0) is 42.5 Å². The van der Waals surface area contributed by atoms with Crippen LogP contribution < -0.4 is 16.0 Å². The predicted octanol–water partition coefficient (Wildman–Crippen LogP) is 2.38. The maximum absolute atomic E-state index is 5.35. The fourth-order valence-electron chi connectivity index (χ4n) is 1.51. The summed E-state index contributed by atoms with van der Waals surface area (Å²) in [7, 11) is 1.64. The third kappa shape index (κ3) is 3.03. The molecular formula is C15H14N2O. The first-order valence-electron chi connectivity index (χ1n) is 5.54. The van der Waals surface area contributed by atoms with Crippen LogP contribution in [0.5, 0.6) is 5.75 Å². The molecule has 0 aliphatic rings. The minimum absolute atomic E-state index is 0.829. The third-order valence-electron chi connectivity index (χ3n) is 2.47. The summed E-state index contributed by atoms with van der Waals surface area (Å²) in [5.74, 6) is 12.4. The van der Waals surface area contributed by atoms with Crippen LogP contribution >= 0.6 is 0 Å². The predicted molar refractivity (Wildman–Crippen MR) is 73.2 cm³/mol. The van der Waals surface area contributed by atoms with Gasteiger partial charge in [-0.25, -0.2) is 0 Å². The van der Waals surface area contributed by atoms with Gasteiger partial charge in [-0.2, -0.15) is 0 Å². The molecule has 2 aromatic rings. The topological polar surface area (TPSA) is 47.3 Å². The van der Waals surface area contributed by atoms with Crippen molar-refractivity contribution in [2.75, 3.05) is 12.5 Å². The molecule has 0 atom stereocenters. The van der Waals surface area contributed by atoms with Crippen molar-refractivity contribution in [3.05, 3.63) is 59.7 Å². The van der Waals surface area contributed by atoms with E-state index in [1.807, 2.05) is 48.5 Å². The molecule has 0 saturated carbocycles. The van der Waals surface area contributed by atoms with Gasteiger partial charge in [-0.3, -0.25) is 5.84 Å². The van der Waals surface area contributed by atoms with Crippen LogP contribution in [-0.2, 0) is 0 Å². The largest absolute Gasteiger partial charge is 0.497 e. The number of nitrogens with two attached hydrogens (primary N) is 1. The van der Waals surface area contributed by atoms with E-state index in [1.54, 1.807) is 7.11 Å². The van der Waals surface area contributed by atoms with E-state index in [1.165, 1.54) is 0 Å². The van der Waals surface area contributed by atoms with E-state index < -0.39 is 0 Å². The highest BCUT2D eigenvalue weighted by Crippen LogP contribution is 2.11. The Morgan fingerprint density at radius 2 is 1.72 bits per heavy atom. The van der Waals surface area contributed by atoms with E-state index in [9.17, 15) is 0 Å². The smallest absolute Gasteiger partial charge is 0.118 e. The molecule has 2 rings (SSSR count). The van der Waals surface area contributed by atoms with Crippen LogP contribution in [0.1, 0.15) is 11.1 Å². The van der Waals surface area contributed by atoms with Crippen molar-refractivity contribution in [1.82, 2.24) is 0 Å². The molecule has 0 radical (unpaired) electrons. The van der Waals surface area contributed by atoms with Crippen molar-refractivity contribution < 1.29 is 4.74 Å². The summed E-state index contributed by atoms with van der Waals surface area (Å²) in [5, 5.41) is 0. The van der Waals surface area contributed by atoms with Gasteiger partial charge in [0.2, 0.25) is 0 Å². The van der Waals surface area contributed by atoms with Crippen molar-refractivity contribution in [2.24, 2.45) is 5.84 Å². The minimum atomic E-state index is 0.829. The number of hydrogen-bond donors (Lipinski definition) is 2. The molecule has 0 bridgehead atoms. The first-order valence-corrected chi connectivity index (χ1v) is 5.54. The van der Waals surface area contributed by atoms with Crippen LogP contribution in [0.15, 0.2) is 48.5 Å². The molecule has 3 heteroatoms. The molecule has 0 aliphatic heterocycles. The summed E-state index contributed by atoms with van der Waals surface area (Å²) in [5.41, 5.74) is 5.30. The molecule has 3 nitrogen and oxygen atoms in total. The van der Waals surface area contributed by atoms with Crippen LogP contribution in [-0.4, -0.2) is 7.11 Å². The number of methoxy groups -OCH3 is 1. The van der Waals surface area contributed by atoms with Crippen molar-refractivity contribution in [3.8, 4) is 17.6 Å². The van der Waals surface area contributed by atoms with Gasteiger partial charge < -0.3 is 10.2 Å². The lowest BCUT2D eigenvalue weighted by molar-refractivity contribution is 0.415. The summed E-state index contributed by atoms with van der Waals surface area (Å²) < 4.78 is 5.09. The van der Waals surface area contributed by atoms with Gasteiger partial charge >= 0.3 is 0 Å². The SMILES string of the molecule is COc1ccc(C#Cc2cccc(NN)c2)cc1. The highest BCUT2D eigenvalue weighted by atomic mass is 16.5. The molecule has 2 aromatic carbocycles. The second-order valence-electron chi connectivity index (χ2n) is 3.70.